The molecule has 116 valence electrons. The molecule has 0 spiro atoms. The second-order valence-corrected chi connectivity index (χ2v) is 7.32. The topological polar surface area (TPSA) is 61.2 Å². The molecule has 2 aromatic rings. The van der Waals surface area contributed by atoms with E-state index in [0.29, 0.717) is 17.7 Å². The summed E-state index contributed by atoms with van der Waals surface area (Å²) in [4.78, 5) is 28.8. The first-order valence-corrected chi connectivity index (χ1v) is 9.69. The van der Waals surface area contributed by atoms with E-state index < -0.39 is 0 Å². The third-order valence-electron chi connectivity index (χ3n) is 4.05. The number of rotatable bonds is 6. The van der Waals surface area contributed by atoms with Crippen molar-refractivity contribution in [3.05, 3.63) is 47.5 Å². The van der Waals surface area contributed by atoms with Crippen molar-refractivity contribution in [3.63, 3.8) is 0 Å². The van der Waals surface area contributed by atoms with Crippen LogP contribution in [0.4, 0.5) is 0 Å². The molecule has 1 aliphatic rings. The van der Waals surface area contributed by atoms with Gasteiger partial charge in [-0.25, -0.2) is 0 Å². The van der Waals surface area contributed by atoms with Crippen molar-refractivity contribution in [2.24, 2.45) is 0 Å². The van der Waals surface area contributed by atoms with Gasteiger partial charge in [0.25, 0.3) is 0 Å². The first-order valence-electron chi connectivity index (χ1n) is 7.63. The summed E-state index contributed by atoms with van der Waals surface area (Å²) in [6, 6.07) is 11.2. The standard InChI is InChI=1S/C18H16N2O2Se/c19-12-23-11-3-1-2-10-20-17(21)14-8-4-6-13-7-5-9-15(16(13)14)18(20)22/h4-9H,1-3,10-11H2. The number of nitrogens with zero attached hydrogens (tertiary/aromatic N) is 2. The summed E-state index contributed by atoms with van der Waals surface area (Å²) in [6.07, 6.45) is 2.71. The second-order valence-electron chi connectivity index (χ2n) is 5.47. The Bertz CT molecular complexity index is 760. The Morgan fingerprint density at radius 2 is 1.61 bits per heavy atom. The van der Waals surface area contributed by atoms with Gasteiger partial charge in [-0.3, -0.25) is 0 Å². The molecule has 0 aliphatic carbocycles. The number of carbonyl (C=O) groups excluding carboxylic acids is 2. The minimum absolute atomic E-state index is 0.0609. The van der Waals surface area contributed by atoms with Crippen LogP contribution in [0.1, 0.15) is 40.0 Å². The van der Waals surface area contributed by atoms with E-state index in [-0.39, 0.29) is 26.8 Å². The number of benzene rings is 2. The van der Waals surface area contributed by atoms with Gasteiger partial charge in [0.15, 0.2) is 0 Å². The summed E-state index contributed by atoms with van der Waals surface area (Å²) < 4.78 is 0. The molecule has 23 heavy (non-hydrogen) atoms. The Kier molecular flexibility index (Phi) is 4.76. The maximum absolute atomic E-state index is 12.6. The number of carbonyl (C=O) groups is 2. The summed E-state index contributed by atoms with van der Waals surface area (Å²) in [5, 5.41) is 11.2. The van der Waals surface area contributed by atoms with Crippen molar-refractivity contribution >= 4 is 37.5 Å². The Morgan fingerprint density at radius 1 is 0.957 bits per heavy atom. The third kappa shape index (κ3) is 3.01. The van der Waals surface area contributed by atoms with E-state index in [4.69, 9.17) is 5.26 Å². The van der Waals surface area contributed by atoms with Crippen LogP contribution in [0.25, 0.3) is 10.8 Å². The van der Waals surface area contributed by atoms with E-state index in [2.05, 4.69) is 4.97 Å². The summed E-state index contributed by atoms with van der Waals surface area (Å²) >= 11 is 0.0609. The molecule has 1 heterocycles. The minimum atomic E-state index is -0.194. The first-order chi connectivity index (χ1) is 11.2. The molecule has 3 rings (SSSR count). The fourth-order valence-corrected chi connectivity index (χ4v) is 3.87. The Hall–Kier alpha value is -2.15. The molecule has 0 fully saturated rings. The molecule has 2 aromatic carbocycles. The summed E-state index contributed by atoms with van der Waals surface area (Å²) in [7, 11) is 0. The molecule has 0 saturated carbocycles. The zero-order valence-electron chi connectivity index (χ0n) is 12.6. The van der Waals surface area contributed by atoms with Crippen LogP contribution in [0, 0.1) is 10.2 Å². The first kappa shape index (κ1) is 15.7. The predicted octanol–water partition coefficient (Wildman–Crippen LogP) is 3.21. The number of hydrogen-bond donors (Lipinski definition) is 0. The van der Waals surface area contributed by atoms with E-state index in [1.165, 1.54) is 4.90 Å². The fraction of sp³-hybridized carbons (Fsp3) is 0.278. The second kappa shape index (κ2) is 6.95. The number of imide groups is 1. The summed E-state index contributed by atoms with van der Waals surface area (Å²) in [6.45, 7) is 0.446. The molecule has 0 unspecified atom stereocenters. The number of amides is 2. The van der Waals surface area contributed by atoms with Crippen LogP contribution in [0.5, 0.6) is 0 Å². The number of unbranched alkanes of at least 4 members (excludes halogenated alkanes) is 2. The van der Waals surface area contributed by atoms with E-state index in [1.54, 1.807) is 12.1 Å². The third-order valence-corrected chi connectivity index (χ3v) is 5.35. The van der Waals surface area contributed by atoms with Gasteiger partial charge >= 0.3 is 141 Å². The van der Waals surface area contributed by atoms with Gasteiger partial charge in [-0.2, -0.15) is 0 Å². The predicted molar refractivity (Wildman–Crippen MR) is 89.3 cm³/mol. The van der Waals surface area contributed by atoms with Gasteiger partial charge in [0.05, 0.1) is 0 Å². The van der Waals surface area contributed by atoms with Crippen LogP contribution in [0.3, 0.4) is 0 Å². The van der Waals surface area contributed by atoms with Crippen molar-refractivity contribution < 1.29 is 9.59 Å². The molecular formula is C18H16N2O2Se. The van der Waals surface area contributed by atoms with Gasteiger partial charge in [-0.1, -0.05) is 0 Å². The molecule has 0 radical (unpaired) electrons. The molecule has 5 heteroatoms. The number of nitriles is 1. The molecule has 0 aromatic heterocycles. The van der Waals surface area contributed by atoms with E-state index >= 15 is 0 Å². The van der Waals surface area contributed by atoms with Crippen molar-refractivity contribution in [1.29, 1.82) is 5.26 Å². The SMILES string of the molecule is N#C[Se]CCCCCN1C(=O)c2cccc3cccc(c23)C1=O. The van der Waals surface area contributed by atoms with E-state index in [9.17, 15) is 9.59 Å². The quantitative estimate of drug-likeness (QED) is 0.445. The van der Waals surface area contributed by atoms with Gasteiger partial charge in [0, 0.05) is 0 Å². The monoisotopic (exact) mass is 372 g/mol. The molecule has 2 amide bonds. The van der Waals surface area contributed by atoms with Gasteiger partial charge in [-0.05, 0) is 0 Å². The van der Waals surface area contributed by atoms with Gasteiger partial charge in [0.1, 0.15) is 0 Å². The Balaban J connectivity index is 1.77. The van der Waals surface area contributed by atoms with Gasteiger partial charge in [-0.15, -0.1) is 0 Å². The van der Waals surface area contributed by atoms with Crippen LogP contribution in [0.2, 0.25) is 5.32 Å². The molecule has 0 bridgehead atoms. The summed E-state index contributed by atoms with van der Waals surface area (Å²) in [5.41, 5.74) is 1.23. The number of hydrogen-bond acceptors (Lipinski definition) is 3. The molecule has 0 atom stereocenters. The molecular weight excluding hydrogens is 355 g/mol. The van der Waals surface area contributed by atoms with Gasteiger partial charge < -0.3 is 0 Å². The van der Waals surface area contributed by atoms with Crippen molar-refractivity contribution in [3.8, 4) is 4.97 Å². The molecule has 1 aliphatic heterocycles. The van der Waals surface area contributed by atoms with Crippen LogP contribution >= 0.6 is 0 Å². The van der Waals surface area contributed by atoms with Crippen LogP contribution < -0.4 is 0 Å². The Labute approximate surface area is 141 Å². The average molecular weight is 371 g/mol. The van der Waals surface area contributed by atoms with Gasteiger partial charge in [0.2, 0.25) is 0 Å². The Morgan fingerprint density at radius 3 is 2.22 bits per heavy atom. The van der Waals surface area contributed by atoms with Crippen molar-refractivity contribution in [2.45, 2.75) is 24.6 Å². The van der Waals surface area contributed by atoms with E-state index in [1.807, 2.05) is 24.3 Å². The summed E-state index contributed by atoms with van der Waals surface area (Å²) in [5.74, 6) is -0.388. The van der Waals surface area contributed by atoms with Crippen molar-refractivity contribution in [1.82, 2.24) is 4.90 Å². The fourth-order valence-electron chi connectivity index (χ4n) is 2.95. The van der Waals surface area contributed by atoms with Crippen LogP contribution in [0.15, 0.2) is 36.4 Å². The molecule has 0 N–H and O–H groups in total. The van der Waals surface area contributed by atoms with Crippen molar-refractivity contribution in [2.75, 3.05) is 6.54 Å². The zero-order chi connectivity index (χ0) is 16.2. The average Bonchev–Trinajstić information content (AvgIpc) is 2.58. The normalized spacial score (nSPS) is 13.4. The van der Waals surface area contributed by atoms with E-state index in [0.717, 1.165) is 35.4 Å². The van der Waals surface area contributed by atoms with Crippen LogP contribution in [-0.2, 0) is 0 Å². The molecule has 0 saturated heterocycles. The maximum atomic E-state index is 12.6. The van der Waals surface area contributed by atoms with Crippen LogP contribution in [-0.4, -0.2) is 38.2 Å². The zero-order valence-corrected chi connectivity index (χ0v) is 14.3. The molecule has 4 nitrogen and oxygen atoms in total.